The Balaban J connectivity index is 2.77. The van der Waals surface area contributed by atoms with Gasteiger partial charge in [0.1, 0.15) is 6.10 Å². The number of rotatable bonds is 6. The number of aromatic nitrogens is 2. The predicted octanol–water partition coefficient (Wildman–Crippen LogP) is 1.68. The Kier molecular flexibility index (Phi) is 5.21. The molecular formula is C11H19N3O. The molecule has 0 aliphatic rings. The molecule has 1 aromatic heterocycles. The lowest BCUT2D eigenvalue weighted by molar-refractivity contribution is 0.0533. The molecule has 0 aliphatic carbocycles. The molecule has 84 valence electrons. The van der Waals surface area contributed by atoms with Crippen molar-refractivity contribution in [3.8, 4) is 0 Å². The van der Waals surface area contributed by atoms with Crippen LogP contribution in [-0.4, -0.2) is 23.6 Å². The van der Waals surface area contributed by atoms with E-state index in [2.05, 4.69) is 22.2 Å². The summed E-state index contributed by atoms with van der Waals surface area (Å²) < 4.78 is 5.56. The zero-order valence-electron chi connectivity index (χ0n) is 9.66. The molecule has 4 heteroatoms. The largest absolute Gasteiger partial charge is 0.371 e. The van der Waals surface area contributed by atoms with Gasteiger partial charge >= 0.3 is 0 Å². The first-order valence-corrected chi connectivity index (χ1v) is 5.39. The molecule has 0 amide bonds. The molecule has 0 bridgehead atoms. The van der Waals surface area contributed by atoms with Gasteiger partial charge in [-0.15, -0.1) is 0 Å². The Morgan fingerprint density at radius 3 is 2.87 bits per heavy atom. The van der Waals surface area contributed by atoms with Crippen molar-refractivity contribution in [2.24, 2.45) is 0 Å². The average Bonchev–Trinajstić information content (AvgIpc) is 2.27. The summed E-state index contributed by atoms with van der Waals surface area (Å²) in [5, 5.41) is 3.07. The van der Waals surface area contributed by atoms with Gasteiger partial charge in [0.2, 0.25) is 0 Å². The minimum absolute atomic E-state index is 0.0202. The fourth-order valence-electron chi connectivity index (χ4n) is 1.42. The van der Waals surface area contributed by atoms with Crippen molar-refractivity contribution in [1.29, 1.82) is 0 Å². The highest BCUT2D eigenvalue weighted by Gasteiger charge is 2.12. The van der Waals surface area contributed by atoms with E-state index >= 15 is 0 Å². The summed E-state index contributed by atoms with van der Waals surface area (Å²) in [5.74, 6) is 0.784. The summed E-state index contributed by atoms with van der Waals surface area (Å²) in [6, 6.07) is 1.92. The predicted molar refractivity (Wildman–Crippen MR) is 59.5 cm³/mol. The highest BCUT2D eigenvalue weighted by atomic mass is 16.5. The van der Waals surface area contributed by atoms with E-state index < -0.39 is 0 Å². The van der Waals surface area contributed by atoms with Gasteiger partial charge in [0.15, 0.2) is 5.82 Å². The third kappa shape index (κ3) is 3.57. The quantitative estimate of drug-likeness (QED) is 0.774. The van der Waals surface area contributed by atoms with Gasteiger partial charge < -0.3 is 10.1 Å². The van der Waals surface area contributed by atoms with Gasteiger partial charge in [-0.1, -0.05) is 6.92 Å². The smallest absolute Gasteiger partial charge is 0.157 e. The molecule has 1 N–H and O–H groups in total. The molecule has 0 spiro atoms. The van der Waals surface area contributed by atoms with Gasteiger partial charge in [-0.2, -0.15) is 0 Å². The normalized spacial score (nSPS) is 12.7. The van der Waals surface area contributed by atoms with Crippen LogP contribution < -0.4 is 5.32 Å². The molecule has 1 aromatic rings. The van der Waals surface area contributed by atoms with Crippen molar-refractivity contribution >= 4 is 0 Å². The van der Waals surface area contributed by atoms with E-state index in [1.54, 1.807) is 6.20 Å². The maximum absolute atomic E-state index is 5.56. The molecule has 0 saturated heterocycles. The Morgan fingerprint density at radius 1 is 1.47 bits per heavy atom. The number of nitrogens with zero attached hydrogens (tertiary/aromatic N) is 2. The van der Waals surface area contributed by atoms with Crippen molar-refractivity contribution in [2.75, 3.05) is 13.7 Å². The van der Waals surface area contributed by atoms with E-state index in [-0.39, 0.29) is 6.10 Å². The van der Waals surface area contributed by atoms with Crippen LogP contribution in [0.4, 0.5) is 0 Å². The van der Waals surface area contributed by atoms with Gasteiger partial charge in [0.25, 0.3) is 0 Å². The number of ether oxygens (including phenoxy) is 1. The van der Waals surface area contributed by atoms with E-state index in [9.17, 15) is 0 Å². The molecule has 1 rings (SSSR count). The molecule has 15 heavy (non-hydrogen) atoms. The molecule has 1 heterocycles. The summed E-state index contributed by atoms with van der Waals surface area (Å²) in [6.45, 7) is 5.52. The first-order valence-electron chi connectivity index (χ1n) is 5.39. The molecule has 0 fully saturated rings. The summed E-state index contributed by atoms with van der Waals surface area (Å²) >= 11 is 0. The summed E-state index contributed by atoms with van der Waals surface area (Å²) in [7, 11) is 1.90. The molecular weight excluding hydrogens is 190 g/mol. The maximum atomic E-state index is 5.56. The van der Waals surface area contributed by atoms with Crippen LogP contribution in [0.1, 0.15) is 37.9 Å². The minimum atomic E-state index is 0.0202. The SMILES string of the molecule is CCOC(CC)c1nccc(CNC)n1. The van der Waals surface area contributed by atoms with Gasteiger partial charge in [0, 0.05) is 19.3 Å². The van der Waals surface area contributed by atoms with E-state index in [1.807, 2.05) is 20.0 Å². The van der Waals surface area contributed by atoms with Gasteiger partial charge in [0.05, 0.1) is 5.69 Å². The zero-order chi connectivity index (χ0) is 11.1. The number of hydrogen-bond acceptors (Lipinski definition) is 4. The third-order valence-corrected chi connectivity index (χ3v) is 2.12. The monoisotopic (exact) mass is 209 g/mol. The summed E-state index contributed by atoms with van der Waals surface area (Å²) in [6.07, 6.45) is 2.71. The lowest BCUT2D eigenvalue weighted by Crippen LogP contribution is -2.12. The second-order valence-corrected chi connectivity index (χ2v) is 3.29. The highest BCUT2D eigenvalue weighted by Crippen LogP contribution is 2.16. The third-order valence-electron chi connectivity index (χ3n) is 2.12. The minimum Gasteiger partial charge on any atom is -0.371 e. The topological polar surface area (TPSA) is 47.0 Å². The molecule has 0 aliphatic heterocycles. The van der Waals surface area contributed by atoms with Crippen LogP contribution >= 0.6 is 0 Å². The first-order chi connectivity index (χ1) is 7.31. The molecule has 0 saturated carbocycles. The van der Waals surface area contributed by atoms with E-state index in [0.29, 0.717) is 6.61 Å². The molecule has 4 nitrogen and oxygen atoms in total. The fraction of sp³-hybridized carbons (Fsp3) is 0.636. The standard InChI is InChI=1S/C11H19N3O/c1-4-10(15-5-2)11-13-7-6-9(14-11)8-12-3/h6-7,10,12H,4-5,8H2,1-3H3. The van der Waals surface area contributed by atoms with Crippen molar-refractivity contribution < 1.29 is 4.74 Å². The summed E-state index contributed by atoms with van der Waals surface area (Å²) in [4.78, 5) is 8.70. The van der Waals surface area contributed by atoms with Crippen LogP contribution in [0.3, 0.4) is 0 Å². The van der Waals surface area contributed by atoms with E-state index in [4.69, 9.17) is 4.74 Å². The van der Waals surface area contributed by atoms with Crippen molar-refractivity contribution in [2.45, 2.75) is 32.9 Å². The van der Waals surface area contributed by atoms with E-state index in [1.165, 1.54) is 0 Å². The van der Waals surface area contributed by atoms with Crippen LogP contribution in [0.5, 0.6) is 0 Å². The maximum Gasteiger partial charge on any atom is 0.157 e. The van der Waals surface area contributed by atoms with Gasteiger partial charge in [-0.05, 0) is 26.5 Å². The van der Waals surface area contributed by atoms with Crippen molar-refractivity contribution in [3.63, 3.8) is 0 Å². The Bertz CT molecular complexity index is 291. The molecule has 1 atom stereocenters. The van der Waals surface area contributed by atoms with Crippen LogP contribution in [0.2, 0.25) is 0 Å². The molecule has 1 unspecified atom stereocenters. The van der Waals surface area contributed by atoms with Crippen LogP contribution in [0.25, 0.3) is 0 Å². The molecule has 0 aromatic carbocycles. The Hall–Kier alpha value is -1.00. The lowest BCUT2D eigenvalue weighted by atomic mass is 10.2. The van der Waals surface area contributed by atoms with Crippen LogP contribution in [-0.2, 0) is 11.3 Å². The van der Waals surface area contributed by atoms with Gasteiger partial charge in [-0.3, -0.25) is 0 Å². The lowest BCUT2D eigenvalue weighted by Gasteiger charge is -2.13. The number of nitrogens with one attached hydrogen (secondary N) is 1. The van der Waals surface area contributed by atoms with Crippen LogP contribution in [0.15, 0.2) is 12.3 Å². The number of hydrogen-bond donors (Lipinski definition) is 1. The zero-order valence-corrected chi connectivity index (χ0v) is 9.66. The average molecular weight is 209 g/mol. The first kappa shape index (κ1) is 12.1. The Labute approximate surface area is 91.1 Å². The molecule has 0 radical (unpaired) electrons. The Morgan fingerprint density at radius 2 is 2.27 bits per heavy atom. The van der Waals surface area contributed by atoms with Gasteiger partial charge in [-0.25, -0.2) is 9.97 Å². The summed E-state index contributed by atoms with van der Waals surface area (Å²) in [5.41, 5.74) is 1.00. The van der Waals surface area contributed by atoms with Crippen molar-refractivity contribution in [1.82, 2.24) is 15.3 Å². The van der Waals surface area contributed by atoms with E-state index in [0.717, 1.165) is 24.5 Å². The van der Waals surface area contributed by atoms with Crippen LogP contribution in [0, 0.1) is 0 Å². The highest BCUT2D eigenvalue weighted by molar-refractivity contribution is 5.03. The second-order valence-electron chi connectivity index (χ2n) is 3.29. The van der Waals surface area contributed by atoms with Crippen molar-refractivity contribution in [3.05, 3.63) is 23.8 Å². The second kappa shape index (κ2) is 6.48. The fourth-order valence-corrected chi connectivity index (χ4v) is 1.42.